The summed E-state index contributed by atoms with van der Waals surface area (Å²) in [6.45, 7) is 6.76. The predicted molar refractivity (Wildman–Crippen MR) is 96.3 cm³/mol. The number of ether oxygens (including phenoxy) is 2. The third-order valence-corrected chi connectivity index (χ3v) is 4.95. The highest BCUT2D eigenvalue weighted by Gasteiger charge is 2.44. The van der Waals surface area contributed by atoms with Crippen molar-refractivity contribution < 1.29 is 24.0 Å². The lowest BCUT2D eigenvalue weighted by molar-refractivity contribution is -0.384. The van der Waals surface area contributed by atoms with Gasteiger partial charge >= 0.3 is 12.1 Å². The van der Waals surface area contributed by atoms with Crippen LogP contribution in [0, 0.1) is 22.0 Å². The van der Waals surface area contributed by atoms with Crippen LogP contribution in [0.1, 0.15) is 44.0 Å². The van der Waals surface area contributed by atoms with E-state index >= 15 is 0 Å². The fourth-order valence-electron chi connectivity index (χ4n) is 3.75. The van der Waals surface area contributed by atoms with Crippen LogP contribution in [0.5, 0.6) is 0 Å². The summed E-state index contributed by atoms with van der Waals surface area (Å²) in [5, 5.41) is 10.7. The monoisotopic (exact) mass is 376 g/mol. The number of amides is 1. The van der Waals surface area contributed by atoms with Crippen LogP contribution < -0.4 is 0 Å². The van der Waals surface area contributed by atoms with E-state index in [4.69, 9.17) is 9.47 Å². The second-order valence-corrected chi connectivity index (χ2v) is 8.21. The van der Waals surface area contributed by atoms with Crippen molar-refractivity contribution in [3.63, 3.8) is 0 Å². The minimum atomic E-state index is -0.516. The Hall–Kier alpha value is -2.64. The minimum Gasteiger partial charge on any atom is -0.459 e. The number of benzene rings is 1. The second-order valence-electron chi connectivity index (χ2n) is 8.21. The number of non-ortho nitro benzene ring substituents is 1. The van der Waals surface area contributed by atoms with Crippen molar-refractivity contribution >= 4 is 17.7 Å². The van der Waals surface area contributed by atoms with E-state index in [1.54, 1.807) is 4.90 Å². The quantitative estimate of drug-likeness (QED) is 0.455. The number of hydrogen-bond donors (Lipinski definition) is 0. The lowest BCUT2D eigenvalue weighted by Gasteiger charge is -2.25. The molecule has 0 spiro atoms. The van der Waals surface area contributed by atoms with Crippen molar-refractivity contribution in [1.82, 2.24) is 4.90 Å². The highest BCUT2D eigenvalue weighted by molar-refractivity contribution is 5.89. The lowest BCUT2D eigenvalue weighted by Crippen LogP contribution is -2.36. The molecule has 0 radical (unpaired) electrons. The van der Waals surface area contributed by atoms with Crippen molar-refractivity contribution in [2.45, 2.75) is 45.3 Å². The fraction of sp³-hybridized carbons (Fsp3) is 0.579. The smallest absolute Gasteiger partial charge is 0.410 e. The molecule has 1 saturated carbocycles. The largest absolute Gasteiger partial charge is 0.459 e. The Morgan fingerprint density at radius 3 is 2.15 bits per heavy atom. The normalized spacial score (nSPS) is 24.4. The summed E-state index contributed by atoms with van der Waals surface area (Å²) in [4.78, 5) is 36.3. The molecule has 2 fully saturated rings. The third kappa shape index (κ3) is 4.56. The van der Waals surface area contributed by atoms with Crippen molar-refractivity contribution in [2.24, 2.45) is 11.8 Å². The Kier molecular flexibility index (Phi) is 5.08. The first-order chi connectivity index (χ1) is 12.6. The van der Waals surface area contributed by atoms with Gasteiger partial charge in [-0.1, -0.05) is 0 Å². The second kappa shape index (κ2) is 7.17. The van der Waals surface area contributed by atoms with Gasteiger partial charge in [0.25, 0.3) is 5.69 Å². The Labute approximate surface area is 157 Å². The summed E-state index contributed by atoms with van der Waals surface area (Å²) in [6, 6.07) is 5.39. The van der Waals surface area contributed by atoms with Crippen LogP contribution >= 0.6 is 0 Å². The van der Waals surface area contributed by atoms with Crippen molar-refractivity contribution in [3.05, 3.63) is 39.9 Å². The fourth-order valence-corrected chi connectivity index (χ4v) is 3.75. The number of nitrogens with zero attached hydrogens (tertiary/aromatic N) is 2. The first-order valence-corrected chi connectivity index (χ1v) is 9.06. The van der Waals surface area contributed by atoms with Crippen LogP contribution in [0.15, 0.2) is 24.3 Å². The Balaban J connectivity index is 1.51. The van der Waals surface area contributed by atoms with Gasteiger partial charge in [0, 0.05) is 25.2 Å². The SMILES string of the molecule is CC(C)(C)OC(=O)N1CC2CC(OC(=O)c3ccc([N+](=O)[O-])cc3)C[C@H]2C1. The number of esters is 1. The molecule has 1 heterocycles. The zero-order valence-electron chi connectivity index (χ0n) is 15.7. The molecule has 2 unspecified atom stereocenters. The van der Waals surface area contributed by atoms with Crippen LogP contribution in [0.4, 0.5) is 10.5 Å². The molecule has 27 heavy (non-hydrogen) atoms. The zero-order chi connectivity index (χ0) is 19.8. The summed E-state index contributed by atoms with van der Waals surface area (Å²) in [6.07, 6.45) is 0.936. The van der Waals surface area contributed by atoms with Gasteiger partial charge in [-0.25, -0.2) is 9.59 Å². The maximum atomic E-state index is 12.3. The Morgan fingerprint density at radius 2 is 1.67 bits per heavy atom. The number of carbonyl (C=O) groups is 2. The number of carbonyl (C=O) groups excluding carboxylic acids is 2. The van der Waals surface area contributed by atoms with E-state index in [9.17, 15) is 19.7 Å². The molecule has 8 nitrogen and oxygen atoms in total. The topological polar surface area (TPSA) is 99.0 Å². The van der Waals surface area contributed by atoms with Gasteiger partial charge in [0.1, 0.15) is 11.7 Å². The van der Waals surface area contributed by atoms with Gasteiger partial charge < -0.3 is 14.4 Å². The molecule has 3 atom stereocenters. The highest BCUT2D eigenvalue weighted by Crippen LogP contribution is 2.40. The third-order valence-electron chi connectivity index (χ3n) is 4.95. The molecule has 1 amide bonds. The van der Waals surface area contributed by atoms with Crippen LogP contribution in [0.2, 0.25) is 0 Å². The van der Waals surface area contributed by atoms with E-state index in [0.717, 1.165) is 0 Å². The molecule has 2 aliphatic rings. The molecule has 146 valence electrons. The number of rotatable bonds is 3. The maximum absolute atomic E-state index is 12.3. The molecule has 1 aliphatic carbocycles. The number of nitro groups is 1. The minimum absolute atomic E-state index is 0.0656. The van der Waals surface area contributed by atoms with Crippen molar-refractivity contribution in [2.75, 3.05) is 13.1 Å². The zero-order valence-corrected chi connectivity index (χ0v) is 15.7. The molecule has 1 aromatic rings. The molecule has 1 aliphatic heterocycles. The van der Waals surface area contributed by atoms with Crippen LogP contribution in [-0.2, 0) is 9.47 Å². The molecule has 0 N–H and O–H groups in total. The number of nitro benzene ring substituents is 1. The van der Waals surface area contributed by atoms with Crippen LogP contribution in [0.3, 0.4) is 0 Å². The maximum Gasteiger partial charge on any atom is 0.410 e. The molecular weight excluding hydrogens is 352 g/mol. The Morgan fingerprint density at radius 1 is 1.11 bits per heavy atom. The van der Waals surface area contributed by atoms with Gasteiger partial charge in [-0.05, 0) is 57.6 Å². The predicted octanol–water partition coefficient (Wildman–Crippen LogP) is 3.40. The van der Waals surface area contributed by atoms with E-state index in [2.05, 4.69) is 0 Å². The molecular formula is C19H24N2O6. The van der Waals surface area contributed by atoms with Gasteiger partial charge in [0.05, 0.1) is 10.5 Å². The van der Waals surface area contributed by atoms with Gasteiger partial charge in [-0.2, -0.15) is 0 Å². The van der Waals surface area contributed by atoms with E-state index in [0.29, 0.717) is 43.3 Å². The summed E-state index contributed by atoms with van der Waals surface area (Å²) in [5.74, 6) is 0.123. The molecule has 0 aromatic heterocycles. The summed E-state index contributed by atoms with van der Waals surface area (Å²) >= 11 is 0. The number of likely N-dealkylation sites (tertiary alicyclic amines) is 1. The standard InChI is InChI=1S/C19H24N2O6/c1-19(2,3)27-18(23)20-10-13-8-16(9-14(13)11-20)26-17(22)12-4-6-15(7-5-12)21(24)25/h4-7,13-14,16H,8-11H2,1-3H3/t13-,14?,16?/m0/s1. The van der Waals surface area contributed by atoms with Crippen molar-refractivity contribution in [1.29, 1.82) is 0 Å². The van der Waals surface area contributed by atoms with Crippen molar-refractivity contribution in [3.8, 4) is 0 Å². The average Bonchev–Trinajstić information content (AvgIpc) is 3.11. The lowest BCUT2D eigenvalue weighted by atomic mass is 10.0. The molecule has 1 aromatic carbocycles. The molecule has 3 rings (SSSR count). The summed E-state index contributed by atoms with van der Waals surface area (Å²) in [7, 11) is 0. The number of hydrogen-bond acceptors (Lipinski definition) is 6. The molecule has 8 heteroatoms. The van der Waals surface area contributed by atoms with Gasteiger partial charge in [0.15, 0.2) is 0 Å². The summed E-state index contributed by atoms with van der Waals surface area (Å²) < 4.78 is 11.0. The first-order valence-electron chi connectivity index (χ1n) is 9.06. The van der Waals surface area contributed by atoms with Gasteiger partial charge in [-0.3, -0.25) is 10.1 Å². The van der Waals surface area contributed by atoms with E-state index < -0.39 is 16.5 Å². The van der Waals surface area contributed by atoms with Gasteiger partial charge in [-0.15, -0.1) is 0 Å². The van der Waals surface area contributed by atoms with E-state index in [-0.39, 0.29) is 17.9 Å². The van der Waals surface area contributed by atoms with Crippen LogP contribution in [0.25, 0.3) is 0 Å². The number of fused-ring (bicyclic) bond motifs is 1. The van der Waals surface area contributed by atoms with Crippen LogP contribution in [-0.4, -0.2) is 46.7 Å². The Bertz CT molecular complexity index is 726. The summed E-state index contributed by atoms with van der Waals surface area (Å²) in [5.41, 5.74) is -0.283. The molecule has 0 bridgehead atoms. The molecule has 1 saturated heterocycles. The van der Waals surface area contributed by atoms with Gasteiger partial charge in [0.2, 0.25) is 0 Å². The first kappa shape index (κ1) is 19.1. The van der Waals surface area contributed by atoms with E-state index in [1.165, 1.54) is 24.3 Å². The average molecular weight is 376 g/mol. The highest BCUT2D eigenvalue weighted by atomic mass is 16.6. The van der Waals surface area contributed by atoms with E-state index in [1.807, 2.05) is 20.8 Å².